The second-order valence-electron chi connectivity index (χ2n) is 7.99. The van der Waals surface area contributed by atoms with Crippen LogP contribution in [0.25, 0.3) is 0 Å². The number of carbonyl (C=O) groups is 1. The number of rotatable bonds is 2. The molecule has 1 N–H and O–H groups in total. The predicted molar refractivity (Wildman–Crippen MR) is 95.4 cm³/mol. The van der Waals surface area contributed by atoms with Gasteiger partial charge in [-0.2, -0.15) is 18.3 Å². The molecule has 0 aromatic carbocycles. The third-order valence-electron chi connectivity index (χ3n) is 5.94. The van der Waals surface area contributed by atoms with Gasteiger partial charge in [-0.15, -0.1) is 0 Å². The fraction of sp³-hybridized carbons (Fsp3) is 0.684. The van der Waals surface area contributed by atoms with E-state index in [1.54, 1.807) is 13.0 Å². The zero-order valence-corrected chi connectivity index (χ0v) is 15.4. The monoisotopic (exact) mass is 382 g/mol. The Balaban J connectivity index is 1.49. The third kappa shape index (κ3) is 3.58. The lowest BCUT2D eigenvalue weighted by Gasteiger charge is -2.31. The maximum Gasteiger partial charge on any atom is 0.410 e. The maximum atomic E-state index is 13.4. The molecule has 5 nitrogen and oxygen atoms in total. The van der Waals surface area contributed by atoms with Crippen LogP contribution in [0.5, 0.6) is 0 Å². The lowest BCUT2D eigenvalue weighted by Crippen LogP contribution is -2.37. The molecule has 1 fully saturated rings. The number of carbonyl (C=O) groups excluding carboxylic acids is 1. The van der Waals surface area contributed by atoms with E-state index in [0.717, 1.165) is 30.4 Å². The fourth-order valence-corrected chi connectivity index (χ4v) is 4.45. The molecule has 3 heterocycles. The molecule has 0 unspecified atom stereocenters. The minimum atomic E-state index is -4.32. The number of alkyl halides is 3. The number of allylic oxidation sites excluding steroid dienone is 2. The summed E-state index contributed by atoms with van der Waals surface area (Å²) in [5, 5.41) is 7.41. The average molecular weight is 382 g/mol. The van der Waals surface area contributed by atoms with Crippen LogP contribution in [0.3, 0.4) is 0 Å². The van der Waals surface area contributed by atoms with E-state index in [0.29, 0.717) is 24.6 Å². The first kappa shape index (κ1) is 18.4. The molecular formula is C19H25F3N4O. The molecule has 1 amide bonds. The van der Waals surface area contributed by atoms with Crippen molar-refractivity contribution in [2.45, 2.75) is 63.2 Å². The van der Waals surface area contributed by atoms with Gasteiger partial charge in [0.25, 0.3) is 0 Å². The smallest absolute Gasteiger partial charge is 0.368 e. The number of hydrogen-bond acceptors (Lipinski definition) is 3. The highest BCUT2D eigenvalue weighted by molar-refractivity contribution is 5.79. The molecule has 27 heavy (non-hydrogen) atoms. The fourth-order valence-electron chi connectivity index (χ4n) is 4.45. The standard InChI is InChI=1S/C19H25F3N4O/c1-12-9-16(19(20,21)22)26-17(23-12)10-15(24-26)14-7-8-25(11-14)18(27)13-5-3-2-4-6-13/h2-3,10,12-14,16,23H,4-9,11H2,1H3/t12-,13-,14-,16-/m1/s1. The molecule has 8 heteroatoms. The summed E-state index contributed by atoms with van der Waals surface area (Å²) in [6, 6.07) is -0.114. The summed E-state index contributed by atoms with van der Waals surface area (Å²) in [5.74, 6) is 0.636. The molecule has 1 aromatic rings. The Morgan fingerprint density at radius 1 is 1.30 bits per heavy atom. The third-order valence-corrected chi connectivity index (χ3v) is 5.94. The van der Waals surface area contributed by atoms with Gasteiger partial charge in [-0.3, -0.25) is 4.79 Å². The summed E-state index contributed by atoms with van der Waals surface area (Å²) < 4.78 is 41.3. The van der Waals surface area contributed by atoms with Gasteiger partial charge in [0, 0.05) is 37.0 Å². The molecule has 3 aliphatic rings. The molecule has 148 valence electrons. The van der Waals surface area contributed by atoms with Crippen molar-refractivity contribution in [1.29, 1.82) is 0 Å². The van der Waals surface area contributed by atoms with Gasteiger partial charge in [-0.1, -0.05) is 12.2 Å². The molecule has 1 saturated heterocycles. The second-order valence-corrected chi connectivity index (χ2v) is 7.99. The van der Waals surface area contributed by atoms with Crippen LogP contribution in [-0.2, 0) is 4.79 Å². The summed E-state index contributed by atoms with van der Waals surface area (Å²) >= 11 is 0. The van der Waals surface area contributed by atoms with Crippen molar-refractivity contribution in [1.82, 2.24) is 14.7 Å². The van der Waals surface area contributed by atoms with Crippen LogP contribution in [-0.4, -0.2) is 45.9 Å². The highest BCUT2D eigenvalue weighted by atomic mass is 19.4. The Bertz CT molecular complexity index is 742. The summed E-state index contributed by atoms with van der Waals surface area (Å²) in [6.45, 7) is 2.95. The Labute approximate surface area is 156 Å². The van der Waals surface area contributed by atoms with Crippen LogP contribution in [0, 0.1) is 5.92 Å². The zero-order chi connectivity index (χ0) is 19.2. The summed E-state index contributed by atoms with van der Waals surface area (Å²) in [5.41, 5.74) is 0.652. The maximum absolute atomic E-state index is 13.4. The van der Waals surface area contributed by atoms with E-state index in [4.69, 9.17) is 0 Å². The number of anilines is 1. The first-order chi connectivity index (χ1) is 12.8. The van der Waals surface area contributed by atoms with Gasteiger partial charge in [-0.25, -0.2) is 4.68 Å². The Kier molecular flexibility index (Phi) is 4.68. The molecular weight excluding hydrogens is 357 g/mol. The van der Waals surface area contributed by atoms with Gasteiger partial charge >= 0.3 is 6.18 Å². The SMILES string of the molecule is C[C@@H]1C[C@H](C(F)(F)F)n2nc([C@@H]3CCN(C(=O)[C@@H]4CC=CCC4)C3)cc2N1. The summed E-state index contributed by atoms with van der Waals surface area (Å²) in [7, 11) is 0. The number of aromatic nitrogens is 2. The van der Waals surface area contributed by atoms with Gasteiger partial charge in [-0.05, 0) is 39.0 Å². The Morgan fingerprint density at radius 3 is 2.81 bits per heavy atom. The van der Waals surface area contributed by atoms with E-state index in [-0.39, 0.29) is 30.2 Å². The number of likely N-dealkylation sites (tertiary alicyclic amines) is 1. The van der Waals surface area contributed by atoms with E-state index >= 15 is 0 Å². The zero-order valence-electron chi connectivity index (χ0n) is 15.4. The predicted octanol–water partition coefficient (Wildman–Crippen LogP) is 3.86. The van der Waals surface area contributed by atoms with E-state index in [9.17, 15) is 18.0 Å². The first-order valence-corrected chi connectivity index (χ1v) is 9.69. The molecule has 1 aromatic heterocycles. The molecule has 0 radical (unpaired) electrons. The van der Waals surface area contributed by atoms with Crippen LogP contribution in [0.2, 0.25) is 0 Å². The van der Waals surface area contributed by atoms with Crippen LogP contribution in [0.1, 0.15) is 56.7 Å². The second kappa shape index (κ2) is 6.87. The Morgan fingerprint density at radius 2 is 2.11 bits per heavy atom. The quantitative estimate of drug-likeness (QED) is 0.790. The van der Waals surface area contributed by atoms with Gasteiger partial charge in [0.2, 0.25) is 5.91 Å². The highest BCUT2D eigenvalue weighted by Gasteiger charge is 2.46. The first-order valence-electron chi connectivity index (χ1n) is 9.69. The molecule has 2 aliphatic heterocycles. The van der Waals surface area contributed by atoms with Crippen molar-refractivity contribution in [3.8, 4) is 0 Å². The molecule has 0 saturated carbocycles. The molecule has 0 spiro atoms. The van der Waals surface area contributed by atoms with E-state index < -0.39 is 12.2 Å². The van der Waals surface area contributed by atoms with Crippen LogP contribution in [0.4, 0.5) is 19.0 Å². The number of halogens is 3. The molecule has 4 atom stereocenters. The largest absolute Gasteiger partial charge is 0.410 e. The Hall–Kier alpha value is -1.99. The summed E-state index contributed by atoms with van der Waals surface area (Å²) in [4.78, 5) is 14.6. The average Bonchev–Trinajstić information content (AvgIpc) is 3.27. The lowest BCUT2D eigenvalue weighted by atomic mass is 9.93. The van der Waals surface area contributed by atoms with Crippen molar-refractivity contribution in [3.63, 3.8) is 0 Å². The van der Waals surface area contributed by atoms with Gasteiger partial charge in [0.15, 0.2) is 6.04 Å². The number of hydrogen-bond donors (Lipinski definition) is 1. The number of nitrogens with one attached hydrogen (secondary N) is 1. The summed E-state index contributed by atoms with van der Waals surface area (Å²) in [6.07, 6.45) is 3.17. The molecule has 0 bridgehead atoms. The molecule has 1 aliphatic carbocycles. The van der Waals surface area contributed by atoms with Crippen molar-refractivity contribution < 1.29 is 18.0 Å². The topological polar surface area (TPSA) is 50.2 Å². The lowest BCUT2D eigenvalue weighted by molar-refractivity contribution is -0.173. The van der Waals surface area contributed by atoms with Gasteiger partial charge < -0.3 is 10.2 Å². The van der Waals surface area contributed by atoms with E-state index in [1.807, 2.05) is 4.90 Å². The minimum absolute atomic E-state index is 0.00262. The van der Waals surface area contributed by atoms with E-state index in [2.05, 4.69) is 22.6 Å². The number of amides is 1. The van der Waals surface area contributed by atoms with Gasteiger partial charge in [0.1, 0.15) is 5.82 Å². The normalized spacial score (nSPS) is 30.9. The minimum Gasteiger partial charge on any atom is -0.368 e. The number of nitrogens with zero attached hydrogens (tertiary/aromatic N) is 3. The van der Waals surface area contributed by atoms with Crippen molar-refractivity contribution in [2.75, 3.05) is 18.4 Å². The van der Waals surface area contributed by atoms with Crippen LogP contribution >= 0.6 is 0 Å². The van der Waals surface area contributed by atoms with Crippen LogP contribution in [0.15, 0.2) is 18.2 Å². The van der Waals surface area contributed by atoms with Crippen LogP contribution < -0.4 is 5.32 Å². The van der Waals surface area contributed by atoms with Crippen molar-refractivity contribution in [3.05, 3.63) is 23.9 Å². The van der Waals surface area contributed by atoms with E-state index in [1.165, 1.54) is 0 Å². The number of fused-ring (bicyclic) bond motifs is 1. The van der Waals surface area contributed by atoms with Crippen molar-refractivity contribution in [2.24, 2.45) is 5.92 Å². The van der Waals surface area contributed by atoms with Gasteiger partial charge in [0.05, 0.1) is 5.69 Å². The van der Waals surface area contributed by atoms with Crippen molar-refractivity contribution >= 4 is 11.7 Å². The molecule has 4 rings (SSSR count). The highest BCUT2D eigenvalue weighted by Crippen LogP contribution is 2.41.